The molecular weight excluding hydrogens is 272 g/mol. The van der Waals surface area contributed by atoms with Gasteiger partial charge in [-0.15, -0.1) is 13.2 Å². The molecule has 0 N–H and O–H groups in total. The van der Waals surface area contributed by atoms with Gasteiger partial charge in [0.2, 0.25) is 0 Å². The number of rotatable bonds is 6. The van der Waals surface area contributed by atoms with Crippen LogP contribution in [0.25, 0.3) is 0 Å². The van der Waals surface area contributed by atoms with E-state index in [2.05, 4.69) is 47.8 Å². The van der Waals surface area contributed by atoms with Crippen molar-refractivity contribution in [2.75, 3.05) is 14.1 Å². The number of hydrogen-bond acceptors (Lipinski definition) is 2. The quantitative estimate of drug-likeness (QED) is 0.671. The lowest BCUT2D eigenvalue weighted by Crippen LogP contribution is -2.66. The SMILES string of the molecule is C=C[Si](C=C)(N(C)C1CCCCC1)N(C)C1CCCCC1. The highest BCUT2D eigenvalue weighted by atomic mass is 28.3. The van der Waals surface area contributed by atoms with E-state index in [4.69, 9.17) is 0 Å². The van der Waals surface area contributed by atoms with E-state index in [1.807, 2.05) is 0 Å². The van der Waals surface area contributed by atoms with Gasteiger partial charge in [0.05, 0.1) is 0 Å². The molecule has 0 bridgehead atoms. The third-order valence-electron chi connectivity index (χ3n) is 5.98. The lowest BCUT2D eigenvalue weighted by molar-refractivity contribution is 0.224. The highest BCUT2D eigenvalue weighted by molar-refractivity contribution is 6.83. The predicted molar refractivity (Wildman–Crippen MR) is 95.4 cm³/mol. The summed E-state index contributed by atoms with van der Waals surface area (Å²) in [6.07, 6.45) is 13.8. The lowest BCUT2D eigenvalue weighted by atomic mass is 9.96. The van der Waals surface area contributed by atoms with Crippen LogP contribution in [-0.2, 0) is 0 Å². The van der Waals surface area contributed by atoms with Crippen molar-refractivity contribution in [3.63, 3.8) is 0 Å². The largest absolute Gasteiger partial charge is 0.305 e. The molecule has 2 rings (SSSR count). The van der Waals surface area contributed by atoms with Crippen molar-refractivity contribution in [1.29, 1.82) is 0 Å². The molecule has 0 unspecified atom stereocenters. The van der Waals surface area contributed by atoms with Crippen LogP contribution in [0.4, 0.5) is 0 Å². The first-order chi connectivity index (χ1) is 10.2. The summed E-state index contributed by atoms with van der Waals surface area (Å²) in [5, 5.41) is 0. The molecule has 0 heterocycles. The van der Waals surface area contributed by atoms with Crippen molar-refractivity contribution in [3.05, 3.63) is 24.6 Å². The topological polar surface area (TPSA) is 6.48 Å². The van der Waals surface area contributed by atoms with Crippen LogP contribution in [0.2, 0.25) is 0 Å². The van der Waals surface area contributed by atoms with Crippen LogP contribution in [0.1, 0.15) is 64.2 Å². The second kappa shape index (κ2) is 7.75. The Bertz CT molecular complexity index is 309. The second-order valence-corrected chi connectivity index (χ2v) is 10.8. The van der Waals surface area contributed by atoms with Gasteiger partial charge in [-0.3, -0.25) is 0 Å². The molecule has 0 atom stereocenters. The van der Waals surface area contributed by atoms with Crippen molar-refractivity contribution in [1.82, 2.24) is 9.13 Å². The molecule has 120 valence electrons. The Hall–Kier alpha value is -0.383. The van der Waals surface area contributed by atoms with Crippen molar-refractivity contribution in [2.24, 2.45) is 0 Å². The molecule has 0 aliphatic heterocycles. The highest BCUT2D eigenvalue weighted by Crippen LogP contribution is 2.31. The van der Waals surface area contributed by atoms with E-state index in [1.165, 1.54) is 64.2 Å². The van der Waals surface area contributed by atoms with E-state index in [-0.39, 0.29) is 0 Å². The molecule has 3 heteroatoms. The van der Waals surface area contributed by atoms with Gasteiger partial charge in [-0.05, 0) is 39.8 Å². The zero-order chi connectivity index (χ0) is 15.3. The Morgan fingerprint density at radius 2 is 1.05 bits per heavy atom. The zero-order valence-electron chi connectivity index (χ0n) is 14.2. The van der Waals surface area contributed by atoms with Crippen molar-refractivity contribution in [3.8, 4) is 0 Å². The Kier molecular flexibility index (Phi) is 6.27. The summed E-state index contributed by atoms with van der Waals surface area (Å²) in [6, 6.07) is 1.46. The monoisotopic (exact) mass is 306 g/mol. The first-order valence-corrected chi connectivity index (χ1v) is 10.9. The van der Waals surface area contributed by atoms with Gasteiger partial charge < -0.3 is 9.13 Å². The highest BCUT2D eigenvalue weighted by Gasteiger charge is 2.43. The Morgan fingerprint density at radius 3 is 1.33 bits per heavy atom. The lowest BCUT2D eigenvalue weighted by Gasteiger charge is -2.49. The van der Waals surface area contributed by atoms with Gasteiger partial charge in [-0.2, -0.15) is 0 Å². The van der Waals surface area contributed by atoms with Gasteiger partial charge >= 0.3 is 0 Å². The number of hydrogen-bond donors (Lipinski definition) is 0. The van der Waals surface area contributed by atoms with Gasteiger partial charge in [0.1, 0.15) is 0 Å². The van der Waals surface area contributed by atoms with Crippen LogP contribution in [-0.4, -0.2) is 43.7 Å². The zero-order valence-corrected chi connectivity index (χ0v) is 15.2. The summed E-state index contributed by atoms with van der Waals surface area (Å²) in [5.74, 6) is 0. The van der Waals surface area contributed by atoms with Crippen molar-refractivity contribution < 1.29 is 0 Å². The molecule has 0 saturated heterocycles. The molecule has 2 saturated carbocycles. The third-order valence-corrected chi connectivity index (χ3v) is 10.2. The summed E-state index contributed by atoms with van der Waals surface area (Å²) in [7, 11) is 2.75. The molecular formula is C18H34N2Si. The molecule has 21 heavy (non-hydrogen) atoms. The minimum Gasteiger partial charge on any atom is -0.305 e. The molecule has 0 spiro atoms. The standard InChI is InChI=1S/C18H34N2Si/c1-5-21(6-2,19(3)17-13-9-7-10-14-17)20(4)18-15-11-8-12-16-18/h5-6,17-18H,1-2,7-16H2,3-4H3. The summed E-state index contributed by atoms with van der Waals surface area (Å²) >= 11 is 0. The number of nitrogens with zero attached hydrogens (tertiary/aromatic N) is 2. The minimum atomic E-state index is -1.93. The van der Waals surface area contributed by atoms with E-state index in [9.17, 15) is 0 Å². The average molecular weight is 307 g/mol. The molecule has 0 aromatic carbocycles. The van der Waals surface area contributed by atoms with Gasteiger partial charge in [0.25, 0.3) is 8.40 Å². The summed E-state index contributed by atoms with van der Waals surface area (Å²) in [6.45, 7) is 8.49. The van der Waals surface area contributed by atoms with Crippen molar-refractivity contribution in [2.45, 2.75) is 76.3 Å². The van der Waals surface area contributed by atoms with Crippen molar-refractivity contribution >= 4 is 8.40 Å². The molecule has 2 fully saturated rings. The van der Waals surface area contributed by atoms with Gasteiger partial charge in [0, 0.05) is 12.1 Å². The predicted octanol–water partition coefficient (Wildman–Crippen LogP) is 4.41. The molecule has 0 radical (unpaired) electrons. The van der Waals surface area contributed by atoms with E-state index in [1.54, 1.807) is 0 Å². The maximum Gasteiger partial charge on any atom is 0.256 e. The van der Waals surface area contributed by atoms with Crippen LogP contribution in [0.5, 0.6) is 0 Å². The van der Waals surface area contributed by atoms with E-state index >= 15 is 0 Å². The average Bonchev–Trinajstić information content (AvgIpc) is 2.57. The summed E-state index contributed by atoms with van der Waals surface area (Å²) in [5.41, 5.74) is 4.51. The van der Waals surface area contributed by atoms with Crippen LogP contribution in [0, 0.1) is 0 Å². The van der Waals surface area contributed by atoms with Gasteiger partial charge in [-0.25, -0.2) is 0 Å². The van der Waals surface area contributed by atoms with Crippen LogP contribution < -0.4 is 0 Å². The maximum atomic E-state index is 4.24. The van der Waals surface area contributed by atoms with E-state index in [0.717, 1.165) is 12.1 Å². The fourth-order valence-electron chi connectivity index (χ4n) is 4.43. The molecule has 2 aliphatic rings. The fraction of sp³-hybridized carbons (Fsp3) is 0.778. The molecule has 2 nitrogen and oxygen atoms in total. The molecule has 0 aromatic heterocycles. The normalized spacial score (nSPS) is 22.7. The van der Waals surface area contributed by atoms with E-state index < -0.39 is 8.40 Å². The third kappa shape index (κ3) is 3.52. The molecule has 2 aliphatic carbocycles. The minimum absolute atomic E-state index is 0.729. The maximum absolute atomic E-state index is 4.24. The smallest absolute Gasteiger partial charge is 0.256 e. The van der Waals surface area contributed by atoms with Crippen LogP contribution in [0.15, 0.2) is 24.6 Å². The Morgan fingerprint density at radius 1 is 0.714 bits per heavy atom. The molecule has 0 amide bonds. The second-order valence-electron chi connectivity index (χ2n) is 7.00. The van der Waals surface area contributed by atoms with Crippen LogP contribution >= 0.6 is 0 Å². The van der Waals surface area contributed by atoms with Crippen LogP contribution in [0.3, 0.4) is 0 Å². The van der Waals surface area contributed by atoms with Gasteiger partial charge in [-0.1, -0.05) is 49.9 Å². The summed E-state index contributed by atoms with van der Waals surface area (Å²) < 4.78 is 5.36. The fourth-order valence-corrected chi connectivity index (χ4v) is 7.93. The Balaban J connectivity index is 2.16. The van der Waals surface area contributed by atoms with E-state index in [0.29, 0.717) is 0 Å². The first kappa shape index (κ1) is 17.0. The van der Waals surface area contributed by atoms with Gasteiger partial charge in [0.15, 0.2) is 0 Å². The Labute approximate surface area is 133 Å². The molecule has 0 aromatic rings. The summed E-state index contributed by atoms with van der Waals surface area (Å²) in [4.78, 5) is 0. The first-order valence-electron chi connectivity index (χ1n) is 8.88.